The van der Waals surface area contributed by atoms with Gasteiger partial charge in [0.1, 0.15) is 36.6 Å². The summed E-state index contributed by atoms with van der Waals surface area (Å²) in [5.74, 6) is -2.43. The molecular weight excluding hydrogens is 1080 g/mol. The number of nitrogens with one attached hydrogen (secondary N) is 4. The van der Waals surface area contributed by atoms with Crippen molar-refractivity contribution in [2.75, 3.05) is 72.5 Å². The Morgan fingerprint density at radius 1 is 0.560 bits per heavy atom. The first-order valence-electron chi connectivity index (χ1n) is 31.9. The number of carbonyl (C=O) groups is 9. The number of rotatable bonds is 57. The minimum absolute atomic E-state index is 0.00492. The number of ketones is 4. The normalized spacial score (nSPS) is 14.6. The van der Waals surface area contributed by atoms with E-state index in [9.17, 15) is 53.4 Å². The Bertz CT molecular complexity index is 1910. The number of carbonyl (C=O) groups excluding carboxylic acids is 6. The molecule has 1 heterocycles. The molecule has 84 heavy (non-hydrogen) atoms. The van der Waals surface area contributed by atoms with Gasteiger partial charge in [-0.1, -0.05) is 117 Å². The second-order valence-electron chi connectivity index (χ2n) is 22.4. The summed E-state index contributed by atoms with van der Waals surface area (Å²) in [7, 11) is 0. The number of carboxylic acid groups (broad SMARTS) is 3. The molecule has 0 aliphatic heterocycles. The van der Waals surface area contributed by atoms with Gasteiger partial charge in [0.25, 0.3) is 0 Å². The monoisotopic (exact) mass is 1190 g/mol. The first-order chi connectivity index (χ1) is 40.6. The average molecular weight is 1190 g/mol. The highest BCUT2D eigenvalue weighted by molar-refractivity contribution is 5.86. The molecule has 482 valence electrons. The van der Waals surface area contributed by atoms with Crippen molar-refractivity contribution >= 4 is 52.9 Å². The van der Waals surface area contributed by atoms with Gasteiger partial charge in [0.05, 0.1) is 58.4 Å². The summed E-state index contributed by atoms with van der Waals surface area (Å²) in [6.45, 7) is 6.03. The van der Waals surface area contributed by atoms with E-state index in [1.54, 1.807) is 19.4 Å². The number of amides is 2. The van der Waals surface area contributed by atoms with Crippen molar-refractivity contribution in [1.82, 2.24) is 25.9 Å². The number of nitrogens with zero attached hydrogens (tertiary/aromatic N) is 1. The maximum atomic E-state index is 12.5. The zero-order valence-corrected chi connectivity index (χ0v) is 51.4. The van der Waals surface area contributed by atoms with E-state index < -0.39 is 29.9 Å². The number of H-pyrrole nitrogens is 1. The molecule has 0 aromatic carbocycles. The molecule has 0 bridgehead atoms. The maximum Gasteiger partial charge on any atom is 0.320 e. The summed E-state index contributed by atoms with van der Waals surface area (Å²) in [6, 6.07) is -0.810. The van der Waals surface area contributed by atoms with Gasteiger partial charge in [-0.15, -0.1) is 0 Å². The number of aryl methyl sites for hydroxylation is 1. The third-order valence-electron chi connectivity index (χ3n) is 15.2. The second-order valence-corrected chi connectivity index (χ2v) is 22.4. The van der Waals surface area contributed by atoms with Gasteiger partial charge in [-0.05, 0) is 76.5 Å². The molecule has 21 nitrogen and oxygen atoms in total. The van der Waals surface area contributed by atoms with E-state index in [0.29, 0.717) is 122 Å². The smallest absolute Gasteiger partial charge is 0.320 e. The van der Waals surface area contributed by atoms with E-state index in [4.69, 9.17) is 24.1 Å². The fraction of sp³-hybridized carbons (Fsp3) is 0.810. The van der Waals surface area contributed by atoms with Crippen LogP contribution in [0.2, 0.25) is 0 Å². The van der Waals surface area contributed by atoms with E-state index in [2.05, 4.69) is 25.9 Å². The zero-order chi connectivity index (χ0) is 61.7. The lowest BCUT2D eigenvalue weighted by Crippen LogP contribution is -2.39. The summed E-state index contributed by atoms with van der Waals surface area (Å²) in [5, 5.41) is 35.4. The topological polar surface area (TPSA) is 316 Å². The SMILES string of the molecule is CCC(=O)NCCOCCOCC(=O)NCCOCCOCC(=O)CCCCC[C@H](NCC(=O)CCc1cnc[nH]1)C(=O)O.CCC(CC(=O)C1CCC(CCC(=O)CCCCCCCCCCCCCCCCCCC(=O)O)CC1)C(=O)O. The van der Waals surface area contributed by atoms with Gasteiger partial charge in [0.2, 0.25) is 11.8 Å². The van der Waals surface area contributed by atoms with Gasteiger partial charge in [-0.2, -0.15) is 0 Å². The number of aromatic nitrogens is 2. The van der Waals surface area contributed by atoms with Gasteiger partial charge >= 0.3 is 17.9 Å². The number of hydrogen-bond acceptors (Lipinski definition) is 15. The lowest BCUT2D eigenvalue weighted by molar-refractivity contribution is -0.144. The van der Waals surface area contributed by atoms with Crippen LogP contribution in [0.3, 0.4) is 0 Å². The molecule has 21 heteroatoms. The Hall–Kier alpha value is -4.96. The van der Waals surface area contributed by atoms with E-state index in [0.717, 1.165) is 63.5 Å². The average Bonchev–Trinajstić information content (AvgIpc) is 4.04. The molecule has 7 N–H and O–H groups in total. The molecule has 2 rings (SSSR count). The maximum absolute atomic E-state index is 12.5. The van der Waals surface area contributed by atoms with Crippen LogP contribution >= 0.6 is 0 Å². The molecule has 1 aliphatic rings. The zero-order valence-electron chi connectivity index (χ0n) is 51.4. The lowest BCUT2D eigenvalue weighted by atomic mass is 9.76. The van der Waals surface area contributed by atoms with Gasteiger partial charge in [-0.25, -0.2) is 4.98 Å². The van der Waals surface area contributed by atoms with Gasteiger partial charge in [-0.3, -0.25) is 48.5 Å². The fourth-order valence-corrected chi connectivity index (χ4v) is 9.90. The van der Waals surface area contributed by atoms with Gasteiger partial charge < -0.3 is 49.9 Å². The number of unbranched alkanes of at least 4 members (excludes halogenated alkanes) is 17. The molecule has 2 atom stereocenters. The minimum atomic E-state index is -1.00. The number of Topliss-reactive ketones (excluding diaryl/α,β-unsaturated/α-hetero) is 4. The third-order valence-corrected chi connectivity index (χ3v) is 15.2. The Morgan fingerprint density at radius 2 is 1.07 bits per heavy atom. The predicted octanol–water partition coefficient (Wildman–Crippen LogP) is 9.50. The van der Waals surface area contributed by atoms with Crippen molar-refractivity contribution in [2.24, 2.45) is 17.8 Å². The first kappa shape index (κ1) is 77.1. The minimum Gasteiger partial charge on any atom is -0.481 e. The largest absolute Gasteiger partial charge is 0.481 e. The number of ether oxygens (including phenoxy) is 4. The fourth-order valence-electron chi connectivity index (χ4n) is 9.90. The van der Waals surface area contributed by atoms with Crippen LogP contribution in [0.4, 0.5) is 0 Å². The highest BCUT2D eigenvalue weighted by Crippen LogP contribution is 2.34. The Kier molecular flexibility index (Phi) is 49.1. The van der Waals surface area contributed by atoms with E-state index in [-0.39, 0.29) is 81.1 Å². The third kappa shape index (κ3) is 46.3. The summed E-state index contributed by atoms with van der Waals surface area (Å²) in [5.41, 5.74) is 0.856. The summed E-state index contributed by atoms with van der Waals surface area (Å²) >= 11 is 0. The van der Waals surface area contributed by atoms with Gasteiger partial charge in [0.15, 0.2) is 5.78 Å². The number of imidazole rings is 1. The number of aromatic amines is 1. The highest BCUT2D eigenvalue weighted by Gasteiger charge is 2.29. The molecule has 1 aliphatic carbocycles. The molecule has 0 saturated heterocycles. The molecule has 0 spiro atoms. The van der Waals surface area contributed by atoms with Crippen molar-refractivity contribution in [2.45, 2.75) is 238 Å². The standard InChI is InChI=1S/C34H60O6.C29H49N5O10/c1-2-29(34(39)40)27-32(36)30-24-21-28(22-25-30)23-26-31(35)19-17-15-13-11-9-7-5-3-4-6-8-10-12-14-16-18-20-33(37)38;1-2-27(37)31-10-12-41-15-17-44-21-28(38)32-11-13-42-14-16-43-20-25(36)6-4-3-5-7-26(29(39)40)33-19-24(35)9-8-23-18-30-22-34-23/h28-30H,2-27H2,1H3,(H,37,38)(H,39,40);18,22,26,33H,2-17,19-21H2,1H3,(H,30,34)(H,31,37)(H,32,38)(H,39,40)/t;26-/m.0/s1. The molecule has 1 fully saturated rings. The summed E-state index contributed by atoms with van der Waals surface area (Å²) in [4.78, 5) is 112. The van der Waals surface area contributed by atoms with Crippen molar-refractivity contribution in [3.63, 3.8) is 0 Å². The number of hydrogen-bond donors (Lipinski definition) is 7. The summed E-state index contributed by atoms with van der Waals surface area (Å²) < 4.78 is 21.2. The highest BCUT2D eigenvalue weighted by atomic mass is 16.5. The van der Waals surface area contributed by atoms with Crippen LogP contribution < -0.4 is 16.0 Å². The Labute approximate surface area is 501 Å². The molecule has 1 saturated carbocycles. The van der Waals surface area contributed by atoms with Crippen molar-refractivity contribution in [1.29, 1.82) is 0 Å². The van der Waals surface area contributed by atoms with Crippen LogP contribution in [-0.4, -0.2) is 157 Å². The number of aliphatic carboxylic acids is 3. The van der Waals surface area contributed by atoms with Gasteiger partial charge in [0, 0.05) is 75.8 Å². The quantitative estimate of drug-likeness (QED) is 0.0298. The first-order valence-corrected chi connectivity index (χ1v) is 31.9. The van der Waals surface area contributed by atoms with Crippen molar-refractivity contribution in [3.8, 4) is 0 Å². The van der Waals surface area contributed by atoms with Crippen LogP contribution in [0.5, 0.6) is 0 Å². The lowest BCUT2D eigenvalue weighted by Gasteiger charge is -2.28. The second kappa shape index (κ2) is 53.5. The van der Waals surface area contributed by atoms with Crippen molar-refractivity contribution in [3.05, 3.63) is 18.2 Å². The molecule has 1 aromatic heterocycles. The van der Waals surface area contributed by atoms with E-state index in [1.165, 1.54) is 77.0 Å². The Balaban J connectivity index is 0.000000844. The van der Waals surface area contributed by atoms with Crippen LogP contribution in [0, 0.1) is 17.8 Å². The van der Waals surface area contributed by atoms with E-state index >= 15 is 0 Å². The Morgan fingerprint density at radius 3 is 1.58 bits per heavy atom. The molecular formula is C63H109N5O16. The summed E-state index contributed by atoms with van der Waals surface area (Å²) in [6.07, 6.45) is 33.7. The van der Waals surface area contributed by atoms with Crippen LogP contribution in [0.15, 0.2) is 12.5 Å². The molecule has 1 unspecified atom stereocenters. The molecule has 1 aromatic rings. The number of carboxylic acids is 3. The van der Waals surface area contributed by atoms with Crippen LogP contribution in [-0.2, 0) is 68.5 Å². The van der Waals surface area contributed by atoms with E-state index in [1.807, 2.05) is 6.92 Å². The van der Waals surface area contributed by atoms with Crippen molar-refractivity contribution < 1.29 is 77.4 Å². The van der Waals surface area contributed by atoms with Crippen LogP contribution in [0.1, 0.15) is 231 Å². The van der Waals surface area contributed by atoms with Crippen LogP contribution in [0.25, 0.3) is 0 Å². The predicted molar refractivity (Wildman–Crippen MR) is 320 cm³/mol. The molecule has 2 amide bonds. The molecule has 0 radical (unpaired) electrons.